The highest BCUT2D eigenvalue weighted by Crippen LogP contribution is 2.46. The molecular formula is C17H28N2OS. The Bertz CT molecular complexity index is 444. The minimum Gasteiger partial charge on any atom is -0.489 e. The van der Waals surface area contributed by atoms with Gasteiger partial charge in [0.25, 0.3) is 0 Å². The van der Waals surface area contributed by atoms with Crippen molar-refractivity contribution < 1.29 is 4.74 Å². The van der Waals surface area contributed by atoms with Crippen LogP contribution in [-0.4, -0.2) is 28.1 Å². The smallest absolute Gasteiger partial charge is 0.138 e. The highest BCUT2D eigenvalue weighted by Gasteiger charge is 2.38. The topological polar surface area (TPSA) is 34.2 Å². The summed E-state index contributed by atoms with van der Waals surface area (Å²) in [5.74, 6) is 2.13. The lowest BCUT2D eigenvalue weighted by Gasteiger charge is -2.34. The first kappa shape index (κ1) is 16.6. The summed E-state index contributed by atoms with van der Waals surface area (Å²) in [4.78, 5) is 4.39. The molecule has 21 heavy (non-hydrogen) atoms. The molecule has 4 heteroatoms. The maximum Gasteiger partial charge on any atom is 0.138 e. The Morgan fingerprint density at radius 1 is 1.43 bits per heavy atom. The second-order valence-corrected chi connectivity index (χ2v) is 7.90. The predicted molar refractivity (Wildman–Crippen MR) is 91.1 cm³/mol. The Morgan fingerprint density at radius 2 is 2.24 bits per heavy atom. The Hall–Kier alpha value is -0.740. The van der Waals surface area contributed by atoms with Crippen molar-refractivity contribution in [3.63, 3.8) is 0 Å². The van der Waals surface area contributed by atoms with E-state index in [2.05, 4.69) is 42.0 Å². The van der Waals surface area contributed by atoms with Gasteiger partial charge in [-0.1, -0.05) is 6.92 Å². The summed E-state index contributed by atoms with van der Waals surface area (Å²) >= 11 is 2.09. The molecule has 2 rings (SSSR count). The number of hydrogen-bond donors (Lipinski definition) is 1. The number of nitrogens with zero attached hydrogens (tertiary/aromatic N) is 1. The van der Waals surface area contributed by atoms with E-state index in [1.807, 2.05) is 26.2 Å². The van der Waals surface area contributed by atoms with Gasteiger partial charge in [-0.05, 0) is 64.0 Å². The van der Waals surface area contributed by atoms with E-state index < -0.39 is 0 Å². The van der Waals surface area contributed by atoms with E-state index in [4.69, 9.17) is 4.74 Å². The minimum absolute atomic E-state index is 0.181. The van der Waals surface area contributed by atoms with Crippen molar-refractivity contribution >= 4 is 11.8 Å². The van der Waals surface area contributed by atoms with E-state index >= 15 is 0 Å². The highest BCUT2D eigenvalue weighted by atomic mass is 32.2. The third-order valence-electron chi connectivity index (χ3n) is 3.90. The lowest BCUT2D eigenvalue weighted by Crippen LogP contribution is -2.38. The molecule has 0 bridgehead atoms. The van der Waals surface area contributed by atoms with Crippen molar-refractivity contribution in [2.75, 3.05) is 12.3 Å². The summed E-state index contributed by atoms with van der Waals surface area (Å²) in [7, 11) is 0. The van der Waals surface area contributed by atoms with E-state index in [1.165, 1.54) is 24.2 Å². The summed E-state index contributed by atoms with van der Waals surface area (Å²) in [5, 5.41) is 3.73. The molecule has 0 aliphatic carbocycles. The van der Waals surface area contributed by atoms with Crippen LogP contribution in [-0.2, 0) is 0 Å². The molecule has 1 aromatic rings. The molecule has 2 atom stereocenters. The fraction of sp³-hybridized carbons (Fsp3) is 0.706. The van der Waals surface area contributed by atoms with Crippen LogP contribution < -0.4 is 10.1 Å². The van der Waals surface area contributed by atoms with Crippen molar-refractivity contribution in [1.82, 2.24) is 10.3 Å². The maximum absolute atomic E-state index is 5.81. The van der Waals surface area contributed by atoms with Crippen molar-refractivity contribution in [2.45, 2.75) is 63.9 Å². The quantitative estimate of drug-likeness (QED) is 0.819. The molecule has 2 heterocycles. The third kappa shape index (κ3) is 4.36. The molecule has 0 spiro atoms. The lowest BCUT2D eigenvalue weighted by molar-refractivity contribution is 0.241. The van der Waals surface area contributed by atoms with E-state index in [9.17, 15) is 0 Å². The van der Waals surface area contributed by atoms with Gasteiger partial charge >= 0.3 is 0 Å². The first-order chi connectivity index (χ1) is 10.0. The zero-order chi connectivity index (χ0) is 15.3. The van der Waals surface area contributed by atoms with Gasteiger partial charge in [-0.25, -0.2) is 0 Å². The van der Waals surface area contributed by atoms with Crippen LogP contribution in [0.2, 0.25) is 0 Å². The summed E-state index contributed by atoms with van der Waals surface area (Å²) in [5.41, 5.74) is 1.25. The third-order valence-corrected chi connectivity index (χ3v) is 5.49. The lowest BCUT2D eigenvalue weighted by atomic mass is 9.91. The standard InChI is InChI=1S/C17H28N2OS/c1-5-8-19-16(17(4)7-6-9-21-17)14-10-15(12-18-11-14)20-13(2)3/h10-13,16,19H,5-9H2,1-4H3. The van der Waals surface area contributed by atoms with Gasteiger partial charge in [-0.15, -0.1) is 0 Å². The molecule has 1 aromatic heterocycles. The van der Waals surface area contributed by atoms with E-state index in [0.29, 0.717) is 6.04 Å². The second kappa shape index (κ2) is 7.50. The summed E-state index contributed by atoms with van der Waals surface area (Å²) in [6.07, 6.45) is 7.69. The number of aromatic nitrogens is 1. The van der Waals surface area contributed by atoms with E-state index in [0.717, 1.165) is 18.7 Å². The van der Waals surface area contributed by atoms with Crippen molar-refractivity contribution in [1.29, 1.82) is 0 Å². The maximum atomic E-state index is 5.81. The predicted octanol–water partition coefficient (Wildman–Crippen LogP) is 4.20. The van der Waals surface area contributed by atoms with Crippen LogP contribution in [0.4, 0.5) is 0 Å². The number of pyridine rings is 1. The van der Waals surface area contributed by atoms with Crippen LogP contribution in [0.15, 0.2) is 18.5 Å². The molecule has 0 aromatic carbocycles. The summed E-state index contributed by atoms with van der Waals surface area (Å²) < 4.78 is 6.07. The normalized spacial score (nSPS) is 23.5. The highest BCUT2D eigenvalue weighted by molar-refractivity contribution is 8.00. The molecule has 1 aliphatic rings. The molecule has 0 saturated carbocycles. The van der Waals surface area contributed by atoms with Crippen LogP contribution in [0.3, 0.4) is 0 Å². The molecule has 1 N–H and O–H groups in total. The molecule has 0 amide bonds. The number of hydrogen-bond acceptors (Lipinski definition) is 4. The number of thioether (sulfide) groups is 1. The monoisotopic (exact) mass is 308 g/mol. The Morgan fingerprint density at radius 3 is 2.86 bits per heavy atom. The van der Waals surface area contributed by atoms with Gasteiger partial charge in [-0.3, -0.25) is 4.98 Å². The number of nitrogens with one attached hydrogen (secondary N) is 1. The van der Waals surface area contributed by atoms with Gasteiger partial charge in [0.05, 0.1) is 12.3 Å². The zero-order valence-electron chi connectivity index (χ0n) is 13.7. The molecule has 2 unspecified atom stereocenters. The second-order valence-electron chi connectivity index (χ2n) is 6.27. The first-order valence-electron chi connectivity index (χ1n) is 8.04. The summed E-state index contributed by atoms with van der Waals surface area (Å²) in [6.45, 7) is 9.73. The molecular weight excluding hydrogens is 280 g/mol. The molecule has 1 saturated heterocycles. The van der Waals surface area contributed by atoms with E-state index in [1.54, 1.807) is 0 Å². The van der Waals surface area contributed by atoms with Gasteiger partial charge in [-0.2, -0.15) is 11.8 Å². The summed E-state index contributed by atoms with van der Waals surface area (Å²) in [6, 6.07) is 2.50. The van der Waals surface area contributed by atoms with Crippen LogP contribution >= 0.6 is 11.8 Å². The average molecular weight is 308 g/mol. The fourth-order valence-electron chi connectivity index (χ4n) is 2.93. The Balaban J connectivity index is 2.23. The Labute approximate surface area is 133 Å². The average Bonchev–Trinajstić information content (AvgIpc) is 2.86. The van der Waals surface area contributed by atoms with Gasteiger partial charge in [0, 0.05) is 17.0 Å². The van der Waals surface area contributed by atoms with E-state index in [-0.39, 0.29) is 10.9 Å². The molecule has 118 valence electrons. The number of rotatable bonds is 7. The van der Waals surface area contributed by atoms with Crippen molar-refractivity contribution in [3.05, 3.63) is 24.0 Å². The van der Waals surface area contributed by atoms with Crippen LogP contribution in [0.1, 0.15) is 58.6 Å². The SMILES string of the molecule is CCCNC(c1cncc(OC(C)C)c1)C1(C)CCCS1. The van der Waals surface area contributed by atoms with Crippen LogP contribution in [0.25, 0.3) is 0 Å². The van der Waals surface area contributed by atoms with Crippen LogP contribution in [0.5, 0.6) is 5.75 Å². The van der Waals surface area contributed by atoms with Gasteiger partial charge < -0.3 is 10.1 Å². The Kier molecular flexibility index (Phi) is 5.94. The fourth-order valence-corrected chi connectivity index (χ4v) is 4.36. The first-order valence-corrected chi connectivity index (χ1v) is 9.02. The minimum atomic E-state index is 0.181. The van der Waals surface area contributed by atoms with Gasteiger partial charge in [0.2, 0.25) is 0 Å². The van der Waals surface area contributed by atoms with Gasteiger partial charge in [0.15, 0.2) is 0 Å². The molecule has 3 nitrogen and oxygen atoms in total. The van der Waals surface area contributed by atoms with Crippen molar-refractivity contribution in [2.24, 2.45) is 0 Å². The van der Waals surface area contributed by atoms with Crippen molar-refractivity contribution in [3.8, 4) is 5.75 Å². The van der Waals surface area contributed by atoms with Crippen LogP contribution in [0, 0.1) is 0 Å². The molecule has 0 radical (unpaired) electrons. The largest absolute Gasteiger partial charge is 0.489 e. The zero-order valence-corrected chi connectivity index (χ0v) is 14.5. The number of ether oxygens (including phenoxy) is 1. The molecule has 1 aliphatic heterocycles. The van der Waals surface area contributed by atoms with Gasteiger partial charge in [0.1, 0.15) is 5.75 Å². The molecule has 1 fully saturated rings.